The van der Waals surface area contributed by atoms with Gasteiger partial charge in [-0.25, -0.2) is 4.79 Å². The van der Waals surface area contributed by atoms with E-state index in [4.69, 9.17) is 10.5 Å². The summed E-state index contributed by atoms with van der Waals surface area (Å²) < 4.78 is 5.48. The second kappa shape index (κ2) is 6.48. The van der Waals surface area contributed by atoms with E-state index in [1.54, 1.807) is 4.90 Å². The van der Waals surface area contributed by atoms with Crippen molar-refractivity contribution in [2.24, 2.45) is 5.73 Å². The third-order valence-corrected chi connectivity index (χ3v) is 3.39. The Labute approximate surface area is 127 Å². The zero-order valence-corrected chi connectivity index (χ0v) is 13.2. The van der Waals surface area contributed by atoms with Crippen molar-refractivity contribution >= 4 is 6.09 Å². The first kappa shape index (κ1) is 15.8. The Morgan fingerprint density at radius 3 is 2.48 bits per heavy atom. The number of rotatable bonds is 5. The fraction of sp³-hybridized carbons (Fsp3) is 0.588. The predicted octanol–water partition coefficient (Wildman–Crippen LogP) is 2.96. The highest BCUT2D eigenvalue weighted by Crippen LogP contribution is 2.28. The molecule has 21 heavy (non-hydrogen) atoms. The standard InChI is InChI=1S/C17H26N2O2/c1-17(2,3)21-16(20)19(15-9-10-15)12-14(18)11-13-7-5-4-6-8-13/h4-8,14-15H,9-12,18H2,1-3H3. The van der Waals surface area contributed by atoms with Gasteiger partial charge >= 0.3 is 6.09 Å². The van der Waals surface area contributed by atoms with Crippen LogP contribution in [0, 0.1) is 0 Å². The molecule has 4 heteroatoms. The molecule has 0 aliphatic heterocycles. The summed E-state index contributed by atoms with van der Waals surface area (Å²) >= 11 is 0. The molecule has 0 saturated heterocycles. The molecule has 0 bridgehead atoms. The van der Waals surface area contributed by atoms with Crippen molar-refractivity contribution in [3.8, 4) is 0 Å². The summed E-state index contributed by atoms with van der Waals surface area (Å²) in [6.45, 7) is 6.22. The van der Waals surface area contributed by atoms with Gasteiger partial charge in [0.25, 0.3) is 0 Å². The van der Waals surface area contributed by atoms with Gasteiger partial charge in [-0.05, 0) is 45.6 Å². The number of hydrogen-bond donors (Lipinski definition) is 1. The summed E-state index contributed by atoms with van der Waals surface area (Å²) in [7, 11) is 0. The number of hydrogen-bond acceptors (Lipinski definition) is 3. The molecule has 1 unspecified atom stereocenters. The lowest BCUT2D eigenvalue weighted by molar-refractivity contribution is 0.0222. The molecule has 1 aromatic carbocycles. The lowest BCUT2D eigenvalue weighted by Crippen LogP contribution is -2.45. The monoisotopic (exact) mass is 290 g/mol. The number of nitrogens with two attached hydrogens (primary N) is 1. The quantitative estimate of drug-likeness (QED) is 0.907. The number of benzene rings is 1. The highest BCUT2D eigenvalue weighted by atomic mass is 16.6. The van der Waals surface area contributed by atoms with Gasteiger partial charge < -0.3 is 15.4 Å². The molecule has 1 aromatic rings. The molecule has 2 rings (SSSR count). The van der Waals surface area contributed by atoms with Gasteiger partial charge in [0.15, 0.2) is 0 Å². The topological polar surface area (TPSA) is 55.6 Å². The highest BCUT2D eigenvalue weighted by Gasteiger charge is 2.35. The van der Waals surface area contributed by atoms with Crippen LogP contribution in [0.25, 0.3) is 0 Å². The number of ether oxygens (including phenoxy) is 1. The van der Waals surface area contributed by atoms with Crippen molar-refractivity contribution < 1.29 is 9.53 Å². The summed E-state index contributed by atoms with van der Waals surface area (Å²) in [6.07, 6.45) is 2.63. The smallest absolute Gasteiger partial charge is 0.410 e. The van der Waals surface area contributed by atoms with Crippen LogP contribution in [0.4, 0.5) is 4.79 Å². The number of amides is 1. The molecule has 1 aliphatic rings. The predicted molar refractivity (Wildman–Crippen MR) is 84.1 cm³/mol. The van der Waals surface area contributed by atoms with Crippen molar-refractivity contribution in [3.63, 3.8) is 0 Å². The number of nitrogens with zero attached hydrogens (tertiary/aromatic N) is 1. The first-order valence-corrected chi connectivity index (χ1v) is 7.64. The summed E-state index contributed by atoms with van der Waals surface area (Å²) in [5.74, 6) is 0. The van der Waals surface area contributed by atoms with Crippen molar-refractivity contribution in [2.75, 3.05) is 6.54 Å². The van der Waals surface area contributed by atoms with Gasteiger partial charge in [-0.15, -0.1) is 0 Å². The van der Waals surface area contributed by atoms with Crippen LogP contribution < -0.4 is 5.73 Å². The average Bonchev–Trinajstić information content (AvgIpc) is 3.19. The summed E-state index contributed by atoms with van der Waals surface area (Å²) in [4.78, 5) is 14.1. The molecule has 1 amide bonds. The first-order chi connectivity index (χ1) is 9.85. The Hall–Kier alpha value is -1.55. The van der Waals surface area contributed by atoms with Gasteiger partial charge in [0, 0.05) is 18.6 Å². The van der Waals surface area contributed by atoms with Crippen LogP contribution in [0.15, 0.2) is 30.3 Å². The molecule has 116 valence electrons. The van der Waals surface area contributed by atoms with Crippen LogP contribution in [0.3, 0.4) is 0 Å². The Balaban J connectivity index is 1.92. The van der Waals surface area contributed by atoms with Crippen LogP contribution >= 0.6 is 0 Å². The van der Waals surface area contributed by atoms with Gasteiger partial charge in [0.2, 0.25) is 0 Å². The molecule has 0 spiro atoms. The molecule has 4 nitrogen and oxygen atoms in total. The highest BCUT2D eigenvalue weighted by molar-refractivity contribution is 5.69. The second-order valence-electron chi connectivity index (χ2n) is 6.81. The molecule has 1 aliphatic carbocycles. The van der Waals surface area contributed by atoms with Crippen LogP contribution in [-0.4, -0.2) is 35.2 Å². The van der Waals surface area contributed by atoms with Crippen molar-refractivity contribution in [2.45, 2.75) is 57.7 Å². The largest absolute Gasteiger partial charge is 0.444 e. The van der Waals surface area contributed by atoms with E-state index >= 15 is 0 Å². The Bertz CT molecular complexity index is 463. The minimum Gasteiger partial charge on any atom is -0.444 e. The fourth-order valence-electron chi connectivity index (χ4n) is 2.31. The third kappa shape index (κ3) is 5.38. The molecule has 0 radical (unpaired) electrons. The SMILES string of the molecule is CC(C)(C)OC(=O)N(CC(N)Cc1ccccc1)C1CC1. The number of carbonyl (C=O) groups is 1. The Morgan fingerprint density at radius 2 is 1.95 bits per heavy atom. The average molecular weight is 290 g/mol. The van der Waals surface area contributed by atoms with Crippen LogP contribution in [0.1, 0.15) is 39.2 Å². The molecule has 0 heterocycles. The maximum atomic E-state index is 12.3. The van der Waals surface area contributed by atoms with E-state index in [0.717, 1.165) is 19.3 Å². The fourth-order valence-corrected chi connectivity index (χ4v) is 2.31. The van der Waals surface area contributed by atoms with E-state index in [9.17, 15) is 4.79 Å². The van der Waals surface area contributed by atoms with Crippen molar-refractivity contribution in [3.05, 3.63) is 35.9 Å². The van der Waals surface area contributed by atoms with Crippen molar-refractivity contribution in [1.29, 1.82) is 0 Å². The zero-order chi connectivity index (χ0) is 15.5. The third-order valence-electron chi connectivity index (χ3n) is 3.39. The minimum absolute atomic E-state index is 0.0690. The number of carbonyl (C=O) groups excluding carboxylic acids is 1. The summed E-state index contributed by atoms with van der Waals surface area (Å²) in [5.41, 5.74) is 6.96. The Morgan fingerprint density at radius 1 is 1.33 bits per heavy atom. The van der Waals surface area contributed by atoms with Gasteiger partial charge in [-0.1, -0.05) is 30.3 Å². The maximum Gasteiger partial charge on any atom is 0.410 e. The normalized spacial score (nSPS) is 16.4. The second-order valence-corrected chi connectivity index (χ2v) is 6.81. The molecule has 1 saturated carbocycles. The lowest BCUT2D eigenvalue weighted by Gasteiger charge is -2.29. The summed E-state index contributed by atoms with van der Waals surface area (Å²) in [6, 6.07) is 10.4. The molecular formula is C17H26N2O2. The van der Waals surface area contributed by atoms with E-state index in [-0.39, 0.29) is 12.1 Å². The molecule has 1 atom stereocenters. The summed E-state index contributed by atoms with van der Waals surface area (Å²) in [5, 5.41) is 0. The molecule has 2 N–H and O–H groups in total. The van der Waals surface area contributed by atoms with Crippen molar-refractivity contribution in [1.82, 2.24) is 4.90 Å². The minimum atomic E-state index is -0.465. The van der Waals surface area contributed by atoms with Gasteiger partial charge in [-0.2, -0.15) is 0 Å². The first-order valence-electron chi connectivity index (χ1n) is 7.64. The maximum absolute atomic E-state index is 12.3. The molecule has 0 aromatic heterocycles. The van der Waals surface area contributed by atoms with E-state index in [1.807, 2.05) is 39.0 Å². The van der Waals surface area contributed by atoms with E-state index in [2.05, 4.69) is 12.1 Å². The molecular weight excluding hydrogens is 264 g/mol. The van der Waals surface area contributed by atoms with Crippen LogP contribution in [0.5, 0.6) is 0 Å². The van der Waals surface area contributed by atoms with E-state index in [0.29, 0.717) is 12.6 Å². The van der Waals surface area contributed by atoms with Crippen LogP contribution in [0.2, 0.25) is 0 Å². The van der Waals surface area contributed by atoms with Crippen LogP contribution in [-0.2, 0) is 11.2 Å². The zero-order valence-electron chi connectivity index (χ0n) is 13.2. The van der Waals surface area contributed by atoms with Gasteiger partial charge in [0.05, 0.1) is 0 Å². The lowest BCUT2D eigenvalue weighted by atomic mass is 10.1. The van der Waals surface area contributed by atoms with E-state index < -0.39 is 5.60 Å². The van der Waals surface area contributed by atoms with Gasteiger partial charge in [-0.3, -0.25) is 0 Å². The Kier molecular flexibility index (Phi) is 4.88. The van der Waals surface area contributed by atoms with Gasteiger partial charge in [0.1, 0.15) is 5.60 Å². The molecule has 1 fully saturated rings. The van der Waals surface area contributed by atoms with E-state index in [1.165, 1.54) is 5.56 Å².